The van der Waals surface area contributed by atoms with Crippen molar-refractivity contribution in [2.45, 2.75) is 70.6 Å². The van der Waals surface area contributed by atoms with Crippen LogP contribution in [-0.2, 0) is 16.2 Å². The largest absolute Gasteiger partial charge is 0.459 e. The topological polar surface area (TPSA) is 16.4 Å². The molecule has 0 saturated heterocycles. The quantitative estimate of drug-likeness (QED) is 0.164. The van der Waals surface area contributed by atoms with Gasteiger partial charge in [-0.05, 0) is 122 Å². The van der Waals surface area contributed by atoms with Gasteiger partial charge >= 0.3 is 0 Å². The summed E-state index contributed by atoms with van der Waals surface area (Å²) in [6.45, 7) is 17.1. The second-order valence-corrected chi connectivity index (χ2v) is 22.9. The van der Waals surface area contributed by atoms with Crippen molar-refractivity contribution >= 4 is 38.8 Å². The molecule has 0 radical (unpaired) electrons. The van der Waals surface area contributed by atoms with Crippen LogP contribution in [0.15, 0.2) is 240 Å². The fourth-order valence-electron chi connectivity index (χ4n) is 14.5. The van der Waals surface area contributed by atoms with Crippen molar-refractivity contribution < 1.29 is 4.42 Å². The Bertz CT molecular complexity index is 3900. The minimum Gasteiger partial charge on any atom is -0.459 e. The molecule has 0 N–H and O–H groups in total. The van der Waals surface area contributed by atoms with Gasteiger partial charge in [-0.25, -0.2) is 0 Å². The van der Waals surface area contributed by atoms with Crippen LogP contribution in [0.3, 0.4) is 0 Å². The van der Waals surface area contributed by atoms with Crippen molar-refractivity contribution in [2.24, 2.45) is 10.8 Å². The number of benzene rings is 9. The molecule has 0 fully saturated rings. The highest BCUT2D eigenvalue weighted by atomic mass is 16.3. The Hall–Kier alpha value is -7.94. The molecule has 2 heteroatoms. The zero-order valence-corrected chi connectivity index (χ0v) is 42.8. The van der Waals surface area contributed by atoms with E-state index in [0.29, 0.717) is 0 Å². The molecule has 1 aromatic heterocycles. The van der Waals surface area contributed by atoms with Crippen LogP contribution in [0.5, 0.6) is 0 Å². The first-order chi connectivity index (χ1) is 35.4. The average Bonchev–Trinajstić information content (AvgIpc) is 3.97. The molecule has 17 rings (SSSR count). The Labute approximate surface area is 430 Å². The zero-order chi connectivity index (χ0) is 49.6. The summed E-state index contributed by atoms with van der Waals surface area (Å²) in [5, 5.41) is 3.64. The van der Waals surface area contributed by atoms with Crippen LogP contribution < -0.4 is 4.90 Å². The lowest BCUT2D eigenvalue weighted by molar-refractivity contribution is 0.188. The van der Waals surface area contributed by atoms with E-state index < -0.39 is 16.2 Å². The van der Waals surface area contributed by atoms with E-state index in [9.17, 15) is 0 Å². The molecule has 10 aromatic rings. The number of fused-ring (bicyclic) bond motifs is 7. The van der Waals surface area contributed by atoms with Crippen molar-refractivity contribution in [1.29, 1.82) is 0 Å². The molecule has 2 nitrogen and oxygen atoms in total. The molecule has 4 unspecified atom stereocenters. The lowest BCUT2D eigenvalue weighted by Crippen LogP contribution is -2.49. The molecule has 0 spiro atoms. The third-order valence-corrected chi connectivity index (χ3v) is 18.4. The summed E-state index contributed by atoms with van der Waals surface area (Å²) >= 11 is 0. The fraction of sp³-hybridized carbons (Fsp3) is 0.183. The highest BCUT2D eigenvalue weighted by Gasteiger charge is 2.58. The van der Waals surface area contributed by atoms with Gasteiger partial charge in [0.15, 0.2) is 0 Å². The maximum atomic E-state index is 7.28. The summed E-state index contributed by atoms with van der Waals surface area (Å²) in [6.07, 6.45) is 5.12. The van der Waals surface area contributed by atoms with E-state index in [1.807, 2.05) is 0 Å². The molecule has 0 amide bonds. The predicted octanol–water partition coefficient (Wildman–Crippen LogP) is 18.7. The molecule has 0 saturated carbocycles. The van der Waals surface area contributed by atoms with Crippen molar-refractivity contribution in [1.82, 2.24) is 0 Å². The van der Waals surface area contributed by atoms with Gasteiger partial charge in [0.2, 0.25) is 0 Å². The van der Waals surface area contributed by atoms with Gasteiger partial charge in [-0.2, -0.15) is 0 Å². The van der Waals surface area contributed by atoms with Crippen LogP contribution in [-0.4, -0.2) is 0 Å². The molecule has 9 aromatic carbocycles. The highest BCUT2D eigenvalue weighted by Crippen LogP contribution is 2.67. The van der Waals surface area contributed by atoms with Crippen molar-refractivity contribution in [3.05, 3.63) is 280 Å². The van der Waals surface area contributed by atoms with E-state index in [0.717, 1.165) is 28.4 Å². The van der Waals surface area contributed by atoms with Crippen LogP contribution in [0.2, 0.25) is 0 Å². The first-order valence-electron chi connectivity index (χ1n) is 26.2. The normalized spacial score (nSPS) is 22.2. The Morgan fingerprint density at radius 2 is 1.11 bits per heavy atom. The van der Waals surface area contributed by atoms with E-state index in [2.05, 4.69) is 278 Å². The van der Waals surface area contributed by atoms with E-state index in [-0.39, 0.29) is 16.7 Å². The van der Waals surface area contributed by atoms with Gasteiger partial charge in [-0.1, -0.05) is 228 Å². The van der Waals surface area contributed by atoms with Gasteiger partial charge in [0, 0.05) is 44.6 Å². The number of allylic oxidation sites excluding steroid dienone is 4. The van der Waals surface area contributed by atoms with Gasteiger partial charge in [0.05, 0.1) is 16.5 Å². The molecule has 73 heavy (non-hydrogen) atoms. The first kappa shape index (κ1) is 43.8. The Morgan fingerprint density at radius 3 is 1.82 bits per heavy atom. The molecule has 4 atom stereocenters. The Balaban J connectivity index is 1.06. The summed E-state index contributed by atoms with van der Waals surface area (Å²) in [7, 11) is 0. The molecule has 4 bridgehead atoms. The second-order valence-electron chi connectivity index (χ2n) is 22.9. The van der Waals surface area contributed by atoms with Gasteiger partial charge in [0.25, 0.3) is 0 Å². The second kappa shape index (κ2) is 15.3. The van der Waals surface area contributed by atoms with E-state index in [4.69, 9.17) is 4.42 Å². The fourth-order valence-corrected chi connectivity index (χ4v) is 14.5. The van der Waals surface area contributed by atoms with Gasteiger partial charge in [0.1, 0.15) is 11.3 Å². The molecule has 4 aliphatic heterocycles. The number of hydrogen-bond donors (Lipinski definition) is 0. The van der Waals surface area contributed by atoms with Crippen LogP contribution in [0, 0.1) is 10.8 Å². The third kappa shape index (κ3) is 5.75. The summed E-state index contributed by atoms with van der Waals surface area (Å²) in [5.74, 6) is 1.18. The highest BCUT2D eigenvalue weighted by molar-refractivity contribution is 6.06. The number of nitrogens with zero attached hydrogens (tertiary/aromatic N) is 1. The van der Waals surface area contributed by atoms with Crippen LogP contribution in [0.25, 0.3) is 44.0 Å². The average molecular weight is 942 g/mol. The summed E-state index contributed by atoms with van der Waals surface area (Å²) < 4.78 is 7.28. The molecular formula is C71H59NO. The van der Waals surface area contributed by atoms with Crippen LogP contribution in [0.4, 0.5) is 17.1 Å². The summed E-state index contributed by atoms with van der Waals surface area (Å²) in [4.78, 5) is 2.52. The molecule has 3 aliphatic carbocycles. The molecule has 7 aliphatic rings. The molecular weight excluding hydrogens is 883 g/mol. The smallest absolute Gasteiger partial charge is 0.134 e. The van der Waals surface area contributed by atoms with Crippen molar-refractivity contribution in [3.63, 3.8) is 0 Å². The van der Waals surface area contributed by atoms with Gasteiger partial charge in [-0.15, -0.1) is 0 Å². The van der Waals surface area contributed by atoms with Crippen LogP contribution >= 0.6 is 0 Å². The predicted molar refractivity (Wildman–Crippen MR) is 304 cm³/mol. The third-order valence-electron chi connectivity index (χ3n) is 18.4. The number of para-hydroxylation sites is 1. The van der Waals surface area contributed by atoms with Gasteiger partial charge in [-0.3, -0.25) is 0 Å². The van der Waals surface area contributed by atoms with Crippen LogP contribution in [0.1, 0.15) is 99.1 Å². The lowest BCUT2D eigenvalue weighted by atomic mass is 9.46. The lowest BCUT2D eigenvalue weighted by Gasteiger charge is -2.56. The summed E-state index contributed by atoms with van der Waals surface area (Å²) in [5.41, 5.74) is 19.2. The first-order valence-corrected chi connectivity index (χ1v) is 26.2. The number of rotatable bonds is 3. The standard InChI is InChI=1S/C71H59NO/c1-45-62-56-27-17-19-29-61(56)73-66(62)70(7)49-33-30-47(31-34-49)63-54-25-15-14-20-46(54)32-41-60(63)72(52-37-35-48(36-38-52)68(5)42-43-69(6,67(2,3)4)64(45)65(68)70)53-39-40-59-57(44-53)55-26-16-18-28-58(55)71(59,50-21-10-8-11-22-50)51-23-12-9-13-24-51/h8-45H,1-7H3. The minimum absolute atomic E-state index is 0.0737. The maximum absolute atomic E-state index is 7.28. The van der Waals surface area contributed by atoms with E-state index in [1.165, 1.54) is 88.5 Å². The van der Waals surface area contributed by atoms with E-state index >= 15 is 0 Å². The van der Waals surface area contributed by atoms with E-state index in [1.54, 1.807) is 0 Å². The maximum Gasteiger partial charge on any atom is 0.134 e. The zero-order valence-electron chi connectivity index (χ0n) is 42.8. The minimum atomic E-state index is -0.605. The van der Waals surface area contributed by atoms with Crippen molar-refractivity contribution in [2.75, 3.05) is 4.90 Å². The number of anilines is 3. The SMILES string of the molecule is CC1C2=C3C(C)(C=CC2(C)C(C)(C)C)c2ccc(cc2)N(c2ccc4c(c2)-c2ccccc2C4(c2ccccc2)c2ccccc2)c2ccc4ccccc4c2-c2ccc(cc2)C3(C)c2oc3ccccc3c21. The molecule has 354 valence electrons. The monoisotopic (exact) mass is 941 g/mol. The summed E-state index contributed by atoms with van der Waals surface area (Å²) in [6, 6.07) is 80.0. The Morgan fingerprint density at radius 1 is 0.507 bits per heavy atom. The number of hydrogen-bond acceptors (Lipinski definition) is 2. The van der Waals surface area contributed by atoms with Crippen molar-refractivity contribution in [3.8, 4) is 22.3 Å². The molecule has 5 heterocycles. The Kier molecular flexibility index (Phi) is 9.18. The number of furan rings is 1. The van der Waals surface area contributed by atoms with Gasteiger partial charge < -0.3 is 9.32 Å².